The fraction of sp³-hybridized carbons (Fsp3) is 0.487. The maximum absolute atomic E-state index is 14.2. The number of methoxy groups -OCH3 is 1. The number of halogens is 4. The van der Waals surface area contributed by atoms with E-state index in [0.717, 1.165) is 61.6 Å². The van der Waals surface area contributed by atoms with Crippen molar-refractivity contribution in [3.8, 4) is 5.75 Å². The molecule has 0 radical (unpaired) electrons. The quantitative estimate of drug-likeness (QED) is 0.163. The summed E-state index contributed by atoms with van der Waals surface area (Å²) >= 11 is 6.19. The van der Waals surface area contributed by atoms with Gasteiger partial charge in [0, 0.05) is 33.7 Å². The van der Waals surface area contributed by atoms with Crippen molar-refractivity contribution in [3.05, 3.63) is 87.7 Å². The second-order valence-corrected chi connectivity index (χ2v) is 14.8. The Hall–Kier alpha value is -3.92. The summed E-state index contributed by atoms with van der Waals surface area (Å²) in [5.41, 5.74) is 2.23. The van der Waals surface area contributed by atoms with Gasteiger partial charge in [-0.2, -0.15) is 13.2 Å². The molecule has 50 heavy (non-hydrogen) atoms. The number of nitrogens with zero attached hydrogens (tertiary/aromatic N) is 2. The highest BCUT2D eigenvalue weighted by atomic mass is 35.5. The van der Waals surface area contributed by atoms with E-state index in [1.807, 2.05) is 18.2 Å². The number of alkyl halides is 3. The minimum Gasteiger partial charge on any atom is -0.493 e. The van der Waals surface area contributed by atoms with Crippen LogP contribution < -0.4 is 9.64 Å². The zero-order valence-electron chi connectivity index (χ0n) is 28.5. The maximum atomic E-state index is 14.2. The van der Waals surface area contributed by atoms with Crippen LogP contribution in [0.25, 0.3) is 0 Å². The lowest BCUT2D eigenvalue weighted by atomic mass is 9.59. The molecule has 1 fully saturated rings. The third kappa shape index (κ3) is 6.51. The molecule has 0 bridgehead atoms. The lowest BCUT2D eigenvalue weighted by Crippen LogP contribution is -2.63. The number of aryl methyl sites for hydroxylation is 1. The number of fused-ring (bicyclic) bond motifs is 3. The van der Waals surface area contributed by atoms with E-state index in [-0.39, 0.29) is 35.4 Å². The van der Waals surface area contributed by atoms with Crippen LogP contribution in [0.2, 0.25) is 5.02 Å². The Bertz CT molecular complexity index is 1770. The van der Waals surface area contributed by atoms with Crippen LogP contribution >= 0.6 is 11.6 Å². The number of amides is 1. The van der Waals surface area contributed by atoms with Crippen molar-refractivity contribution in [1.82, 2.24) is 4.98 Å². The van der Waals surface area contributed by atoms with Crippen molar-refractivity contribution in [2.75, 3.05) is 18.6 Å². The van der Waals surface area contributed by atoms with Crippen LogP contribution in [0.4, 0.5) is 18.9 Å². The van der Waals surface area contributed by atoms with Crippen LogP contribution in [0.5, 0.6) is 5.75 Å². The smallest absolute Gasteiger partial charge is 0.471 e. The van der Waals surface area contributed by atoms with Crippen molar-refractivity contribution >= 4 is 35.5 Å². The summed E-state index contributed by atoms with van der Waals surface area (Å²) in [4.78, 5) is 43.9. The summed E-state index contributed by atoms with van der Waals surface area (Å²) < 4.78 is 54.3. The number of benzene rings is 2. The molecule has 7 nitrogen and oxygen atoms in total. The first-order chi connectivity index (χ1) is 23.8. The minimum atomic E-state index is -5.26. The van der Waals surface area contributed by atoms with E-state index in [0.29, 0.717) is 42.3 Å². The second-order valence-electron chi connectivity index (χ2n) is 14.3. The van der Waals surface area contributed by atoms with Crippen LogP contribution in [-0.2, 0) is 32.6 Å². The third-order valence-corrected chi connectivity index (χ3v) is 11.6. The standard InChI is InChI=1S/C39H42ClF3N2O5/c1-24(23-50-33-12-17-44-32-9-4-6-25(2)34(32)33)18-28-20-27-11-10-26(22-46)19-31(27)37(28)13-15-38(16-14-37,36(48)49-3)45(35(47)39(41,42)43)30-8-5-7-29(40)21-30/h5,7-8,10-12,17,19,21-22,24-25,28H,4,6,9,13-16,18,20,23H2,1-3H3/t24-,25-,28-,37?,38?/m1/s1. The fourth-order valence-electron chi connectivity index (χ4n) is 8.95. The lowest BCUT2D eigenvalue weighted by molar-refractivity contribution is -0.174. The van der Waals surface area contributed by atoms with Gasteiger partial charge in [0.15, 0.2) is 0 Å². The van der Waals surface area contributed by atoms with Crippen LogP contribution in [0.1, 0.15) is 97.5 Å². The predicted molar refractivity (Wildman–Crippen MR) is 184 cm³/mol. The Balaban J connectivity index is 1.32. The second kappa shape index (κ2) is 14.0. The van der Waals surface area contributed by atoms with Crippen molar-refractivity contribution in [1.29, 1.82) is 0 Å². The summed E-state index contributed by atoms with van der Waals surface area (Å²) in [6.45, 7) is 4.81. The summed E-state index contributed by atoms with van der Waals surface area (Å²) in [7, 11) is 1.12. The number of aldehydes is 1. The van der Waals surface area contributed by atoms with E-state index in [4.69, 9.17) is 21.1 Å². The normalized spacial score (nSPS) is 24.9. The van der Waals surface area contributed by atoms with Crippen molar-refractivity contribution in [2.24, 2.45) is 11.8 Å². The van der Waals surface area contributed by atoms with Gasteiger partial charge in [-0.1, -0.05) is 43.6 Å². The van der Waals surface area contributed by atoms with Crippen molar-refractivity contribution in [2.45, 2.75) is 94.7 Å². The molecule has 266 valence electrons. The Labute approximate surface area is 295 Å². The summed E-state index contributed by atoms with van der Waals surface area (Å²) in [6.07, 6.45) is 2.36. The predicted octanol–water partition coefficient (Wildman–Crippen LogP) is 8.58. The first-order valence-corrected chi connectivity index (χ1v) is 17.7. The molecule has 3 aliphatic rings. The molecule has 0 saturated heterocycles. The van der Waals surface area contributed by atoms with E-state index in [2.05, 4.69) is 18.8 Å². The number of rotatable bonds is 9. The van der Waals surface area contributed by atoms with E-state index in [9.17, 15) is 27.6 Å². The summed E-state index contributed by atoms with van der Waals surface area (Å²) in [5, 5.41) is 0.124. The SMILES string of the molecule is COC(=O)C1(N(C(=O)C(F)(F)F)c2cccc(Cl)c2)CCC2(CC1)c1cc(C=O)ccc1C[C@H]2C[C@@H](C)COc1ccnc2c1[C@H](C)CCC2. The zero-order valence-corrected chi connectivity index (χ0v) is 29.3. The molecule has 0 aliphatic heterocycles. The fourth-order valence-corrected chi connectivity index (χ4v) is 9.13. The third-order valence-electron chi connectivity index (χ3n) is 11.3. The first-order valence-electron chi connectivity index (χ1n) is 17.3. The number of carbonyl (C=O) groups excluding carboxylic acids is 3. The number of ether oxygens (including phenoxy) is 2. The molecule has 3 atom stereocenters. The number of pyridine rings is 1. The molecule has 11 heteroatoms. The van der Waals surface area contributed by atoms with E-state index in [1.54, 1.807) is 12.3 Å². The molecule has 2 aromatic carbocycles. The van der Waals surface area contributed by atoms with Gasteiger partial charge in [-0.25, -0.2) is 4.79 Å². The summed E-state index contributed by atoms with van der Waals surface area (Å²) in [5.74, 6) is -1.68. The molecular weight excluding hydrogens is 669 g/mol. The largest absolute Gasteiger partial charge is 0.493 e. The molecule has 0 unspecified atom stereocenters. The van der Waals surface area contributed by atoms with Gasteiger partial charge in [-0.3, -0.25) is 19.5 Å². The molecule has 3 aromatic rings. The lowest BCUT2D eigenvalue weighted by Gasteiger charge is -2.51. The Morgan fingerprint density at radius 3 is 2.56 bits per heavy atom. The first kappa shape index (κ1) is 35.9. The molecular formula is C39H42ClF3N2O5. The van der Waals surface area contributed by atoms with Crippen LogP contribution in [-0.4, -0.2) is 48.6 Å². The Morgan fingerprint density at radius 1 is 1.12 bits per heavy atom. The topological polar surface area (TPSA) is 85.8 Å². The molecule has 1 saturated carbocycles. The number of hydrogen-bond donors (Lipinski definition) is 0. The highest BCUT2D eigenvalue weighted by molar-refractivity contribution is 6.31. The zero-order chi connectivity index (χ0) is 35.8. The number of carbonyl (C=O) groups is 3. The molecule has 1 spiro atoms. The van der Waals surface area contributed by atoms with Gasteiger partial charge in [0.2, 0.25) is 0 Å². The van der Waals surface area contributed by atoms with Gasteiger partial charge in [-0.15, -0.1) is 0 Å². The van der Waals surface area contributed by atoms with Gasteiger partial charge in [0.1, 0.15) is 17.6 Å². The van der Waals surface area contributed by atoms with Gasteiger partial charge >= 0.3 is 18.1 Å². The number of esters is 1. The molecule has 1 amide bonds. The van der Waals surface area contributed by atoms with Gasteiger partial charge in [0.05, 0.1) is 13.7 Å². The number of aromatic nitrogens is 1. The minimum absolute atomic E-state index is 0.0527. The number of hydrogen-bond acceptors (Lipinski definition) is 6. The molecule has 1 aromatic heterocycles. The maximum Gasteiger partial charge on any atom is 0.471 e. The van der Waals surface area contributed by atoms with E-state index < -0.39 is 29.0 Å². The Morgan fingerprint density at radius 2 is 1.88 bits per heavy atom. The average Bonchev–Trinajstić information content (AvgIpc) is 3.38. The van der Waals surface area contributed by atoms with Gasteiger partial charge < -0.3 is 9.47 Å². The van der Waals surface area contributed by atoms with E-state index in [1.165, 1.54) is 29.8 Å². The summed E-state index contributed by atoms with van der Waals surface area (Å²) in [6, 6.07) is 13.1. The average molecular weight is 711 g/mol. The monoisotopic (exact) mass is 710 g/mol. The molecule has 0 N–H and O–H groups in total. The van der Waals surface area contributed by atoms with Crippen molar-refractivity contribution < 1.29 is 37.0 Å². The highest BCUT2D eigenvalue weighted by Gasteiger charge is 2.60. The molecule has 3 aliphatic carbocycles. The Kier molecular flexibility index (Phi) is 10.1. The van der Waals surface area contributed by atoms with Gasteiger partial charge in [0.25, 0.3) is 0 Å². The highest BCUT2D eigenvalue weighted by Crippen LogP contribution is 2.57. The van der Waals surface area contributed by atoms with Crippen molar-refractivity contribution in [3.63, 3.8) is 0 Å². The van der Waals surface area contributed by atoms with Gasteiger partial charge in [-0.05, 0) is 122 Å². The van der Waals surface area contributed by atoms with Crippen LogP contribution in [0, 0.1) is 11.8 Å². The van der Waals surface area contributed by atoms with E-state index >= 15 is 0 Å². The molecule has 6 rings (SSSR count). The van der Waals surface area contributed by atoms with Crippen LogP contribution in [0.15, 0.2) is 54.7 Å². The molecule has 1 heterocycles. The number of anilines is 1. The van der Waals surface area contributed by atoms with Crippen LogP contribution in [0.3, 0.4) is 0 Å².